The summed E-state index contributed by atoms with van der Waals surface area (Å²) >= 11 is 6.15. The van der Waals surface area contributed by atoms with E-state index in [0.29, 0.717) is 27.4 Å². The van der Waals surface area contributed by atoms with E-state index < -0.39 is 5.76 Å². The van der Waals surface area contributed by atoms with E-state index in [2.05, 4.69) is 6.07 Å². The van der Waals surface area contributed by atoms with Crippen molar-refractivity contribution in [3.05, 3.63) is 99.5 Å². The molecular weight excluding hydrogens is 402 g/mol. The molecule has 0 radical (unpaired) electrons. The van der Waals surface area contributed by atoms with Gasteiger partial charge in [-0.3, -0.25) is 9.36 Å². The van der Waals surface area contributed by atoms with Gasteiger partial charge in [-0.2, -0.15) is 5.26 Å². The molecule has 0 bridgehead atoms. The second-order valence-corrected chi connectivity index (χ2v) is 7.10. The Kier molecular flexibility index (Phi) is 5.38. The largest absolute Gasteiger partial charge is 0.420 e. The van der Waals surface area contributed by atoms with E-state index in [4.69, 9.17) is 16.0 Å². The van der Waals surface area contributed by atoms with Crippen molar-refractivity contribution in [2.24, 2.45) is 0 Å². The van der Waals surface area contributed by atoms with Gasteiger partial charge in [0.2, 0.25) is 5.91 Å². The molecule has 148 valence electrons. The normalized spacial score (nSPS) is 10.7. The van der Waals surface area contributed by atoms with Crippen LogP contribution in [0.25, 0.3) is 11.1 Å². The molecule has 6 nitrogen and oxygen atoms in total. The van der Waals surface area contributed by atoms with Crippen LogP contribution in [-0.4, -0.2) is 10.5 Å². The number of fused-ring (bicyclic) bond motifs is 1. The summed E-state index contributed by atoms with van der Waals surface area (Å²) in [7, 11) is 0. The fourth-order valence-electron chi connectivity index (χ4n) is 3.28. The number of para-hydroxylation sites is 2. The average molecular weight is 418 g/mol. The highest BCUT2D eigenvalue weighted by Gasteiger charge is 2.22. The van der Waals surface area contributed by atoms with Gasteiger partial charge in [-0.05, 0) is 35.9 Å². The Labute approximate surface area is 177 Å². The predicted molar refractivity (Wildman–Crippen MR) is 114 cm³/mol. The Balaban J connectivity index is 1.76. The highest BCUT2D eigenvalue weighted by atomic mass is 35.5. The number of aromatic nitrogens is 1. The number of anilines is 1. The summed E-state index contributed by atoms with van der Waals surface area (Å²) in [6, 6.07) is 23.2. The molecule has 1 heterocycles. The number of rotatable bonds is 5. The lowest BCUT2D eigenvalue weighted by molar-refractivity contribution is -0.119. The fourth-order valence-corrected chi connectivity index (χ4v) is 3.45. The molecule has 0 saturated carbocycles. The standard InChI is InChI=1S/C23H16ClN3O3/c24-18-11-10-17(13-25)20(12-18)26(14-16-6-2-1-3-7-16)22(28)15-27-19-8-4-5-9-21(19)30-23(27)29/h1-12H,14-15H2. The molecule has 7 heteroatoms. The average Bonchev–Trinajstić information content (AvgIpc) is 3.07. The first-order chi connectivity index (χ1) is 14.6. The van der Waals surface area contributed by atoms with Crippen LogP contribution in [0.15, 0.2) is 82.0 Å². The van der Waals surface area contributed by atoms with E-state index >= 15 is 0 Å². The fraction of sp³-hybridized carbons (Fsp3) is 0.0870. The van der Waals surface area contributed by atoms with Crippen molar-refractivity contribution in [1.29, 1.82) is 5.26 Å². The van der Waals surface area contributed by atoms with Gasteiger partial charge >= 0.3 is 5.76 Å². The number of nitrogens with zero attached hydrogens (tertiary/aromatic N) is 3. The van der Waals surface area contributed by atoms with Gasteiger partial charge in [0, 0.05) is 5.02 Å². The van der Waals surface area contributed by atoms with Crippen molar-refractivity contribution in [2.75, 3.05) is 4.90 Å². The van der Waals surface area contributed by atoms with Gasteiger partial charge in [-0.1, -0.05) is 54.1 Å². The molecule has 0 N–H and O–H groups in total. The summed E-state index contributed by atoms with van der Waals surface area (Å²) in [5.74, 6) is -0.984. The first kappa shape index (κ1) is 19.5. The number of halogens is 1. The molecule has 1 aromatic heterocycles. The Morgan fingerprint density at radius 3 is 2.57 bits per heavy atom. The maximum atomic E-state index is 13.4. The maximum absolute atomic E-state index is 13.4. The summed E-state index contributed by atoms with van der Waals surface area (Å²) in [5, 5.41) is 9.95. The number of hydrogen-bond donors (Lipinski definition) is 0. The van der Waals surface area contributed by atoms with E-state index in [1.807, 2.05) is 30.3 Å². The second-order valence-electron chi connectivity index (χ2n) is 6.66. The summed E-state index contributed by atoms with van der Waals surface area (Å²) in [6.07, 6.45) is 0. The van der Waals surface area contributed by atoms with Gasteiger partial charge in [-0.25, -0.2) is 4.79 Å². The molecule has 0 spiro atoms. The van der Waals surface area contributed by atoms with E-state index in [-0.39, 0.29) is 19.0 Å². The predicted octanol–water partition coefficient (Wildman–Crippen LogP) is 4.35. The molecule has 0 fully saturated rings. The van der Waals surface area contributed by atoms with E-state index in [1.165, 1.54) is 9.47 Å². The topological polar surface area (TPSA) is 79.2 Å². The lowest BCUT2D eigenvalue weighted by Gasteiger charge is -2.24. The Bertz CT molecular complexity index is 1320. The van der Waals surface area contributed by atoms with Crippen LogP contribution >= 0.6 is 11.6 Å². The maximum Gasteiger partial charge on any atom is 0.420 e. The van der Waals surface area contributed by atoms with Crippen LogP contribution in [0.3, 0.4) is 0 Å². The molecular formula is C23H16ClN3O3. The zero-order valence-corrected chi connectivity index (χ0v) is 16.5. The van der Waals surface area contributed by atoms with Gasteiger partial charge in [0.15, 0.2) is 5.58 Å². The molecule has 4 rings (SSSR count). The summed E-state index contributed by atoms with van der Waals surface area (Å²) < 4.78 is 6.51. The van der Waals surface area contributed by atoms with E-state index in [1.54, 1.807) is 42.5 Å². The zero-order valence-electron chi connectivity index (χ0n) is 15.8. The molecule has 0 aliphatic carbocycles. The van der Waals surface area contributed by atoms with Crippen LogP contribution in [0, 0.1) is 11.3 Å². The third-order valence-electron chi connectivity index (χ3n) is 4.72. The van der Waals surface area contributed by atoms with Gasteiger partial charge in [-0.15, -0.1) is 0 Å². The van der Waals surface area contributed by atoms with Crippen molar-refractivity contribution >= 4 is 34.3 Å². The number of carbonyl (C=O) groups is 1. The number of oxazole rings is 1. The van der Waals surface area contributed by atoms with Crippen LogP contribution in [0.2, 0.25) is 5.02 Å². The summed E-state index contributed by atoms with van der Waals surface area (Å²) in [4.78, 5) is 27.1. The third kappa shape index (κ3) is 3.84. The molecule has 0 atom stereocenters. The highest BCUT2D eigenvalue weighted by molar-refractivity contribution is 6.31. The minimum atomic E-state index is -0.615. The molecule has 3 aromatic carbocycles. The molecule has 1 amide bonds. The lowest BCUT2D eigenvalue weighted by Crippen LogP contribution is -2.36. The Hall–Kier alpha value is -3.82. The molecule has 0 saturated heterocycles. The molecule has 0 aliphatic rings. The monoisotopic (exact) mass is 417 g/mol. The number of hydrogen-bond acceptors (Lipinski definition) is 4. The van der Waals surface area contributed by atoms with Gasteiger partial charge in [0.25, 0.3) is 0 Å². The Morgan fingerprint density at radius 1 is 1.07 bits per heavy atom. The van der Waals surface area contributed by atoms with Crippen molar-refractivity contribution < 1.29 is 9.21 Å². The first-order valence-corrected chi connectivity index (χ1v) is 9.57. The number of benzene rings is 3. The SMILES string of the molecule is N#Cc1ccc(Cl)cc1N(Cc1ccccc1)C(=O)Cn1c(=O)oc2ccccc21. The first-order valence-electron chi connectivity index (χ1n) is 9.19. The smallest absolute Gasteiger partial charge is 0.408 e. The van der Waals surface area contributed by atoms with Crippen LogP contribution in [0.4, 0.5) is 5.69 Å². The van der Waals surface area contributed by atoms with Crippen LogP contribution in [0.1, 0.15) is 11.1 Å². The van der Waals surface area contributed by atoms with Gasteiger partial charge < -0.3 is 9.32 Å². The number of nitriles is 1. The molecule has 0 aliphatic heterocycles. The van der Waals surface area contributed by atoms with Gasteiger partial charge in [0.05, 0.1) is 23.3 Å². The molecule has 4 aromatic rings. The number of carbonyl (C=O) groups excluding carboxylic acids is 1. The minimum Gasteiger partial charge on any atom is -0.408 e. The van der Waals surface area contributed by atoms with E-state index in [9.17, 15) is 14.9 Å². The van der Waals surface area contributed by atoms with Crippen molar-refractivity contribution in [1.82, 2.24) is 4.57 Å². The van der Waals surface area contributed by atoms with Gasteiger partial charge in [0.1, 0.15) is 12.6 Å². The zero-order chi connectivity index (χ0) is 21.1. The quantitative estimate of drug-likeness (QED) is 0.483. The molecule has 0 unspecified atom stereocenters. The van der Waals surface area contributed by atoms with Crippen molar-refractivity contribution in [3.8, 4) is 6.07 Å². The van der Waals surface area contributed by atoms with Crippen LogP contribution < -0.4 is 10.7 Å². The van der Waals surface area contributed by atoms with Crippen LogP contribution in [0.5, 0.6) is 0 Å². The Morgan fingerprint density at radius 2 is 1.80 bits per heavy atom. The minimum absolute atomic E-state index is 0.221. The third-order valence-corrected chi connectivity index (χ3v) is 4.96. The van der Waals surface area contributed by atoms with E-state index in [0.717, 1.165) is 5.56 Å². The second kappa shape index (κ2) is 8.27. The number of amides is 1. The lowest BCUT2D eigenvalue weighted by atomic mass is 10.1. The van der Waals surface area contributed by atoms with Crippen molar-refractivity contribution in [2.45, 2.75) is 13.1 Å². The molecule has 30 heavy (non-hydrogen) atoms. The summed E-state index contributed by atoms with van der Waals surface area (Å²) in [5.41, 5.74) is 2.51. The highest BCUT2D eigenvalue weighted by Crippen LogP contribution is 2.27. The van der Waals surface area contributed by atoms with Crippen LogP contribution in [-0.2, 0) is 17.9 Å². The summed E-state index contributed by atoms with van der Waals surface area (Å²) in [6.45, 7) is -0.0146. The van der Waals surface area contributed by atoms with Crippen molar-refractivity contribution in [3.63, 3.8) is 0 Å².